The molecule has 138 valence electrons. The van der Waals surface area contributed by atoms with Crippen molar-refractivity contribution < 1.29 is 23.7 Å². The van der Waals surface area contributed by atoms with E-state index in [-0.39, 0.29) is 17.9 Å². The molecule has 2 saturated heterocycles. The highest BCUT2D eigenvalue weighted by Crippen LogP contribution is 2.35. The molecule has 2 fully saturated rings. The maximum atomic E-state index is 12.1. The predicted molar refractivity (Wildman–Crippen MR) is 93.8 cm³/mol. The zero-order chi connectivity index (χ0) is 18.4. The minimum atomic E-state index is -0.737. The molecule has 0 saturated carbocycles. The number of Topliss-reactive ketones (excluding diaryl/α,β-unsaturated/α-hetero) is 1. The third kappa shape index (κ3) is 2.63. The van der Waals surface area contributed by atoms with E-state index in [1.54, 1.807) is 18.9 Å². The van der Waals surface area contributed by atoms with Gasteiger partial charge in [0, 0.05) is 19.0 Å². The summed E-state index contributed by atoms with van der Waals surface area (Å²) in [6.45, 7) is 0.366. The lowest BCUT2D eigenvalue weighted by atomic mass is 10.0. The van der Waals surface area contributed by atoms with E-state index in [1.165, 1.54) is 0 Å². The Labute approximate surface area is 155 Å². The number of ketones is 1. The normalized spacial score (nSPS) is 24.7. The molecule has 1 aromatic carbocycles. The molecule has 4 rings (SSSR count). The standard InChI is InChI=1S/C17H19N3O5S/c1-19-15(9-4-5-12(22-2)13(6-9)23-3)18-20(17(19)26)10-7-11(21)16-24-8-14(10)25-16/h4-6,10,14,16H,7-8H2,1-3H3/t10-,14+,16+/m1/s1. The molecular formula is C17H19N3O5S. The van der Waals surface area contributed by atoms with Crippen molar-refractivity contribution in [3.63, 3.8) is 0 Å². The largest absolute Gasteiger partial charge is 0.493 e. The van der Waals surface area contributed by atoms with Gasteiger partial charge in [-0.2, -0.15) is 5.10 Å². The van der Waals surface area contributed by atoms with Crippen molar-refractivity contribution in [2.75, 3.05) is 20.8 Å². The van der Waals surface area contributed by atoms with Gasteiger partial charge in [0.25, 0.3) is 0 Å². The van der Waals surface area contributed by atoms with E-state index < -0.39 is 6.29 Å². The second-order valence-corrected chi connectivity index (χ2v) is 6.62. The SMILES string of the molecule is COc1ccc(-c2nn([C@@H]3CC(=O)[C@H]4OC[C@@H]3O4)c(=S)n2C)cc1OC. The highest BCUT2D eigenvalue weighted by Gasteiger charge is 2.45. The van der Waals surface area contributed by atoms with Crippen molar-refractivity contribution in [2.45, 2.75) is 24.9 Å². The van der Waals surface area contributed by atoms with Gasteiger partial charge in [0.05, 0.1) is 26.9 Å². The van der Waals surface area contributed by atoms with Gasteiger partial charge in [0.1, 0.15) is 6.10 Å². The van der Waals surface area contributed by atoms with Crippen LogP contribution in [0.1, 0.15) is 12.5 Å². The minimum Gasteiger partial charge on any atom is -0.493 e. The van der Waals surface area contributed by atoms with Gasteiger partial charge in [-0.3, -0.25) is 4.79 Å². The first kappa shape index (κ1) is 17.2. The van der Waals surface area contributed by atoms with Crippen molar-refractivity contribution >= 4 is 18.0 Å². The second-order valence-electron chi connectivity index (χ2n) is 6.26. The van der Waals surface area contributed by atoms with Crippen LogP contribution in [0.25, 0.3) is 11.4 Å². The lowest BCUT2D eigenvalue weighted by Crippen LogP contribution is -2.37. The van der Waals surface area contributed by atoms with Gasteiger partial charge in [-0.1, -0.05) is 0 Å². The molecule has 9 heteroatoms. The maximum Gasteiger partial charge on any atom is 0.218 e. The van der Waals surface area contributed by atoms with Crippen molar-refractivity contribution in [1.29, 1.82) is 0 Å². The fourth-order valence-electron chi connectivity index (χ4n) is 3.37. The molecule has 2 bridgehead atoms. The van der Waals surface area contributed by atoms with Crippen LogP contribution in [-0.4, -0.2) is 53.4 Å². The van der Waals surface area contributed by atoms with Gasteiger partial charge >= 0.3 is 0 Å². The van der Waals surface area contributed by atoms with Crippen LogP contribution in [0.15, 0.2) is 18.2 Å². The van der Waals surface area contributed by atoms with Gasteiger partial charge in [0.2, 0.25) is 6.29 Å². The monoisotopic (exact) mass is 377 g/mol. The predicted octanol–water partition coefficient (Wildman–Crippen LogP) is 1.89. The number of hydrogen-bond donors (Lipinski definition) is 0. The average molecular weight is 377 g/mol. The Morgan fingerprint density at radius 2 is 2.04 bits per heavy atom. The Morgan fingerprint density at radius 1 is 1.27 bits per heavy atom. The van der Waals surface area contributed by atoms with Gasteiger partial charge in [0.15, 0.2) is 27.9 Å². The number of fused-ring (bicyclic) bond motifs is 2. The van der Waals surface area contributed by atoms with E-state index in [9.17, 15) is 4.79 Å². The summed E-state index contributed by atoms with van der Waals surface area (Å²) < 4.78 is 25.7. The first-order valence-electron chi connectivity index (χ1n) is 8.21. The van der Waals surface area contributed by atoms with Crippen molar-refractivity contribution in [2.24, 2.45) is 7.05 Å². The smallest absolute Gasteiger partial charge is 0.218 e. The van der Waals surface area contributed by atoms with Crippen LogP contribution in [0.3, 0.4) is 0 Å². The number of benzene rings is 1. The van der Waals surface area contributed by atoms with Crippen molar-refractivity contribution in [3.05, 3.63) is 23.0 Å². The van der Waals surface area contributed by atoms with Gasteiger partial charge in [-0.25, -0.2) is 4.68 Å². The number of aromatic nitrogens is 3. The molecule has 0 aliphatic carbocycles. The fourth-order valence-corrected chi connectivity index (χ4v) is 3.63. The molecule has 0 amide bonds. The summed E-state index contributed by atoms with van der Waals surface area (Å²) in [5, 5.41) is 4.68. The van der Waals surface area contributed by atoms with Crippen LogP contribution in [0.5, 0.6) is 11.5 Å². The van der Waals surface area contributed by atoms with Crippen LogP contribution in [-0.2, 0) is 21.3 Å². The van der Waals surface area contributed by atoms with Crippen LogP contribution in [0, 0.1) is 4.77 Å². The van der Waals surface area contributed by atoms with E-state index in [4.69, 9.17) is 31.2 Å². The van der Waals surface area contributed by atoms with Crippen molar-refractivity contribution in [1.82, 2.24) is 14.3 Å². The number of nitrogens with zero attached hydrogens (tertiary/aromatic N) is 3. The molecule has 0 spiro atoms. The summed E-state index contributed by atoms with van der Waals surface area (Å²) in [5.41, 5.74) is 0.832. The molecule has 0 unspecified atom stereocenters. The summed E-state index contributed by atoms with van der Waals surface area (Å²) in [6, 6.07) is 5.28. The Bertz CT molecular complexity index is 922. The van der Waals surface area contributed by atoms with Gasteiger partial charge < -0.3 is 23.5 Å². The number of methoxy groups -OCH3 is 2. The van der Waals surface area contributed by atoms with Crippen LogP contribution < -0.4 is 9.47 Å². The zero-order valence-electron chi connectivity index (χ0n) is 14.7. The van der Waals surface area contributed by atoms with Crippen molar-refractivity contribution in [3.8, 4) is 22.9 Å². The highest BCUT2D eigenvalue weighted by atomic mass is 32.1. The first-order chi connectivity index (χ1) is 12.5. The summed E-state index contributed by atoms with van der Waals surface area (Å²) in [4.78, 5) is 12.1. The molecule has 8 nitrogen and oxygen atoms in total. The molecule has 2 aliphatic rings. The Kier molecular flexibility index (Phi) is 4.29. The third-order valence-electron chi connectivity index (χ3n) is 4.77. The molecule has 2 aromatic rings. The van der Waals surface area contributed by atoms with Gasteiger partial charge in [-0.05, 0) is 30.4 Å². The van der Waals surface area contributed by atoms with Crippen LogP contribution >= 0.6 is 12.2 Å². The molecule has 1 aromatic heterocycles. The molecule has 3 heterocycles. The number of ether oxygens (including phenoxy) is 4. The molecule has 2 aliphatic heterocycles. The lowest BCUT2D eigenvalue weighted by molar-refractivity contribution is -0.156. The lowest BCUT2D eigenvalue weighted by Gasteiger charge is -2.26. The van der Waals surface area contributed by atoms with E-state index in [0.717, 1.165) is 5.56 Å². The zero-order valence-corrected chi connectivity index (χ0v) is 15.5. The van der Waals surface area contributed by atoms with Crippen LogP contribution in [0.2, 0.25) is 0 Å². The summed E-state index contributed by atoms with van der Waals surface area (Å²) in [7, 11) is 5.02. The van der Waals surface area contributed by atoms with E-state index in [2.05, 4.69) is 5.10 Å². The number of hydrogen-bond acceptors (Lipinski definition) is 7. The average Bonchev–Trinajstić information content (AvgIpc) is 3.21. The van der Waals surface area contributed by atoms with E-state index in [1.807, 2.05) is 29.8 Å². The highest BCUT2D eigenvalue weighted by molar-refractivity contribution is 7.71. The number of carbonyl (C=O) groups is 1. The Morgan fingerprint density at radius 3 is 2.77 bits per heavy atom. The molecule has 3 atom stereocenters. The van der Waals surface area contributed by atoms with E-state index >= 15 is 0 Å². The van der Waals surface area contributed by atoms with E-state index in [0.29, 0.717) is 35.1 Å². The van der Waals surface area contributed by atoms with Gasteiger partial charge in [-0.15, -0.1) is 0 Å². The number of rotatable bonds is 4. The first-order valence-corrected chi connectivity index (χ1v) is 8.62. The summed E-state index contributed by atoms with van der Waals surface area (Å²) >= 11 is 5.56. The molecule has 26 heavy (non-hydrogen) atoms. The molecule has 0 radical (unpaired) electrons. The second kappa shape index (κ2) is 6.49. The molecule has 0 N–H and O–H groups in total. The fraction of sp³-hybridized carbons (Fsp3) is 0.471. The quantitative estimate of drug-likeness (QED) is 0.753. The maximum absolute atomic E-state index is 12.1. The summed E-state index contributed by atoms with van der Waals surface area (Å²) in [6.07, 6.45) is -0.663. The topological polar surface area (TPSA) is 76.7 Å². The third-order valence-corrected chi connectivity index (χ3v) is 5.23. The molecular weight excluding hydrogens is 358 g/mol. The van der Waals surface area contributed by atoms with Crippen LogP contribution in [0.4, 0.5) is 0 Å². The Balaban J connectivity index is 1.75. The minimum absolute atomic E-state index is 0.0797. The number of carbonyl (C=O) groups excluding carboxylic acids is 1. The Hall–Kier alpha value is -2.23. The summed E-state index contributed by atoms with van der Waals surface area (Å²) in [5.74, 6) is 1.83.